The largest absolute Gasteiger partial charge is 0.480 e. The van der Waals surface area contributed by atoms with Crippen LogP contribution >= 0.6 is 0 Å². The third-order valence-corrected chi connectivity index (χ3v) is 4.37. The second-order valence-corrected chi connectivity index (χ2v) is 5.95. The van der Waals surface area contributed by atoms with Gasteiger partial charge in [-0.1, -0.05) is 0 Å². The molecule has 0 radical (unpaired) electrons. The van der Waals surface area contributed by atoms with Gasteiger partial charge in [-0.2, -0.15) is 10.1 Å². The van der Waals surface area contributed by atoms with E-state index in [9.17, 15) is 4.79 Å². The highest BCUT2D eigenvalue weighted by Gasteiger charge is 2.18. The maximum Gasteiger partial charge on any atom is 0.334 e. The Morgan fingerprint density at radius 3 is 3.04 bits per heavy atom. The number of ether oxygens (including phenoxy) is 2. The van der Waals surface area contributed by atoms with Crippen LogP contribution < -0.4 is 10.4 Å². The van der Waals surface area contributed by atoms with Crippen LogP contribution in [-0.4, -0.2) is 44.1 Å². The SMILES string of the molecule is COc1nc(-n2ccn(CC3CCCO3)c2=O)ccc1-c1cn[nH]c1. The van der Waals surface area contributed by atoms with E-state index in [-0.39, 0.29) is 11.8 Å². The number of aromatic nitrogens is 5. The molecule has 0 spiro atoms. The fraction of sp³-hybridized carbons (Fsp3) is 0.353. The molecule has 0 aliphatic carbocycles. The molecule has 1 fully saturated rings. The summed E-state index contributed by atoms with van der Waals surface area (Å²) in [5.41, 5.74) is 1.55. The molecule has 0 saturated carbocycles. The molecule has 130 valence electrons. The number of nitrogens with zero attached hydrogens (tertiary/aromatic N) is 4. The molecular formula is C17H19N5O3. The van der Waals surface area contributed by atoms with Gasteiger partial charge in [0.1, 0.15) is 5.82 Å². The Bertz CT molecular complexity index is 907. The Hall–Kier alpha value is -2.87. The topological polar surface area (TPSA) is 87.0 Å². The molecule has 4 rings (SSSR count). The van der Waals surface area contributed by atoms with E-state index in [1.807, 2.05) is 6.07 Å². The van der Waals surface area contributed by atoms with Crippen LogP contribution in [0.5, 0.6) is 5.88 Å². The summed E-state index contributed by atoms with van der Waals surface area (Å²) in [5, 5.41) is 6.71. The van der Waals surface area contributed by atoms with E-state index < -0.39 is 0 Å². The Morgan fingerprint density at radius 2 is 2.32 bits per heavy atom. The molecule has 0 aromatic carbocycles. The van der Waals surface area contributed by atoms with E-state index in [1.54, 1.807) is 42.5 Å². The van der Waals surface area contributed by atoms with Gasteiger partial charge in [0.15, 0.2) is 0 Å². The van der Waals surface area contributed by atoms with E-state index >= 15 is 0 Å². The minimum Gasteiger partial charge on any atom is -0.480 e. The van der Waals surface area contributed by atoms with Crippen LogP contribution in [-0.2, 0) is 11.3 Å². The van der Waals surface area contributed by atoms with Crippen LogP contribution in [0.1, 0.15) is 12.8 Å². The van der Waals surface area contributed by atoms with Gasteiger partial charge in [0, 0.05) is 36.3 Å². The number of aromatic amines is 1. The summed E-state index contributed by atoms with van der Waals surface area (Å²) < 4.78 is 14.2. The van der Waals surface area contributed by atoms with Gasteiger partial charge in [-0.15, -0.1) is 0 Å². The molecule has 1 N–H and O–H groups in total. The first-order valence-electron chi connectivity index (χ1n) is 8.20. The highest BCUT2D eigenvalue weighted by molar-refractivity contribution is 5.67. The Labute approximate surface area is 144 Å². The Morgan fingerprint density at radius 1 is 1.40 bits per heavy atom. The quantitative estimate of drug-likeness (QED) is 0.762. The van der Waals surface area contributed by atoms with Crippen molar-refractivity contribution in [1.29, 1.82) is 0 Å². The number of methoxy groups -OCH3 is 1. The molecule has 1 unspecified atom stereocenters. The standard InChI is InChI=1S/C17H19N5O3/c1-24-16-14(12-9-18-19-10-12)4-5-15(20-16)22-7-6-21(17(22)23)11-13-3-2-8-25-13/h4-7,9-10,13H,2-3,8,11H2,1H3,(H,18,19). The molecule has 1 aliphatic heterocycles. The van der Waals surface area contributed by atoms with E-state index in [0.29, 0.717) is 18.2 Å². The van der Waals surface area contributed by atoms with Crippen molar-refractivity contribution in [3.8, 4) is 22.8 Å². The van der Waals surface area contributed by atoms with Crippen molar-refractivity contribution in [2.24, 2.45) is 0 Å². The zero-order valence-electron chi connectivity index (χ0n) is 13.9. The van der Waals surface area contributed by atoms with Crippen LogP contribution in [0.3, 0.4) is 0 Å². The van der Waals surface area contributed by atoms with Crippen molar-refractivity contribution >= 4 is 0 Å². The van der Waals surface area contributed by atoms with Gasteiger partial charge in [-0.3, -0.25) is 14.2 Å². The Kier molecular flexibility index (Phi) is 4.10. The van der Waals surface area contributed by atoms with Crippen molar-refractivity contribution in [1.82, 2.24) is 24.3 Å². The minimum atomic E-state index is -0.138. The van der Waals surface area contributed by atoms with Crippen LogP contribution in [0.4, 0.5) is 0 Å². The van der Waals surface area contributed by atoms with E-state index in [4.69, 9.17) is 9.47 Å². The summed E-state index contributed by atoms with van der Waals surface area (Å²) in [5.74, 6) is 0.956. The first kappa shape index (κ1) is 15.6. The summed E-state index contributed by atoms with van der Waals surface area (Å²) in [7, 11) is 1.56. The summed E-state index contributed by atoms with van der Waals surface area (Å²) in [6.45, 7) is 1.34. The molecule has 8 heteroatoms. The molecule has 1 atom stereocenters. The smallest absolute Gasteiger partial charge is 0.334 e. The summed E-state index contributed by atoms with van der Waals surface area (Å²) in [4.78, 5) is 17.1. The predicted octanol–water partition coefficient (Wildman–Crippen LogP) is 1.61. The average Bonchev–Trinajstić information content (AvgIpc) is 3.38. The zero-order valence-corrected chi connectivity index (χ0v) is 13.9. The maximum atomic E-state index is 12.6. The van der Waals surface area contributed by atoms with E-state index in [1.165, 1.54) is 4.57 Å². The summed E-state index contributed by atoms with van der Waals surface area (Å²) in [6, 6.07) is 3.67. The molecule has 1 aliphatic rings. The van der Waals surface area contributed by atoms with Gasteiger partial charge in [0.05, 0.1) is 26.0 Å². The summed E-state index contributed by atoms with van der Waals surface area (Å²) in [6.07, 6.45) is 9.10. The molecule has 0 amide bonds. The molecule has 3 aromatic rings. The molecule has 4 heterocycles. The fourth-order valence-electron chi connectivity index (χ4n) is 3.07. The highest BCUT2D eigenvalue weighted by atomic mass is 16.5. The molecular weight excluding hydrogens is 322 g/mol. The van der Waals surface area contributed by atoms with Crippen molar-refractivity contribution < 1.29 is 9.47 Å². The molecule has 0 bridgehead atoms. The first-order chi connectivity index (χ1) is 12.3. The van der Waals surface area contributed by atoms with Crippen LogP contribution in [0.25, 0.3) is 16.9 Å². The normalized spacial score (nSPS) is 17.1. The average molecular weight is 341 g/mol. The van der Waals surface area contributed by atoms with Crippen LogP contribution in [0.15, 0.2) is 41.7 Å². The van der Waals surface area contributed by atoms with Crippen LogP contribution in [0.2, 0.25) is 0 Å². The van der Waals surface area contributed by atoms with Gasteiger partial charge < -0.3 is 9.47 Å². The first-order valence-corrected chi connectivity index (χ1v) is 8.20. The lowest BCUT2D eigenvalue weighted by atomic mass is 10.1. The van der Waals surface area contributed by atoms with Crippen LogP contribution in [0, 0.1) is 0 Å². The van der Waals surface area contributed by atoms with Gasteiger partial charge in [-0.05, 0) is 25.0 Å². The number of pyridine rings is 1. The van der Waals surface area contributed by atoms with Crippen molar-refractivity contribution in [3.05, 3.63) is 47.4 Å². The molecule has 1 saturated heterocycles. The van der Waals surface area contributed by atoms with E-state index in [2.05, 4.69) is 15.2 Å². The maximum absolute atomic E-state index is 12.6. The molecule has 3 aromatic heterocycles. The lowest BCUT2D eigenvalue weighted by Gasteiger charge is -2.10. The lowest BCUT2D eigenvalue weighted by Crippen LogP contribution is -2.27. The number of imidazole rings is 1. The third-order valence-electron chi connectivity index (χ3n) is 4.37. The van der Waals surface area contributed by atoms with Gasteiger partial charge >= 0.3 is 5.69 Å². The predicted molar refractivity (Wildman–Crippen MR) is 90.9 cm³/mol. The number of nitrogens with one attached hydrogen (secondary N) is 1. The number of rotatable bonds is 5. The van der Waals surface area contributed by atoms with Crippen molar-refractivity contribution in [3.63, 3.8) is 0 Å². The van der Waals surface area contributed by atoms with Crippen molar-refractivity contribution in [2.75, 3.05) is 13.7 Å². The zero-order chi connectivity index (χ0) is 17.2. The van der Waals surface area contributed by atoms with Crippen molar-refractivity contribution in [2.45, 2.75) is 25.5 Å². The molecule has 25 heavy (non-hydrogen) atoms. The van der Waals surface area contributed by atoms with Gasteiger partial charge in [-0.25, -0.2) is 4.79 Å². The number of H-pyrrole nitrogens is 1. The summed E-state index contributed by atoms with van der Waals surface area (Å²) >= 11 is 0. The monoisotopic (exact) mass is 341 g/mol. The number of hydrogen-bond acceptors (Lipinski definition) is 5. The lowest BCUT2D eigenvalue weighted by molar-refractivity contribution is 0.0961. The number of hydrogen-bond donors (Lipinski definition) is 1. The van der Waals surface area contributed by atoms with Gasteiger partial charge in [0.2, 0.25) is 5.88 Å². The van der Waals surface area contributed by atoms with E-state index in [0.717, 1.165) is 30.6 Å². The third kappa shape index (κ3) is 2.96. The second kappa shape index (κ2) is 6.56. The molecule has 8 nitrogen and oxygen atoms in total. The minimum absolute atomic E-state index is 0.111. The fourth-order valence-corrected chi connectivity index (χ4v) is 3.07. The highest BCUT2D eigenvalue weighted by Crippen LogP contribution is 2.28. The Balaban J connectivity index is 1.66. The van der Waals surface area contributed by atoms with Gasteiger partial charge in [0.25, 0.3) is 0 Å². The second-order valence-electron chi connectivity index (χ2n) is 5.95.